The molecule has 1 heteroatoms. The second kappa shape index (κ2) is 9.66. The van der Waals surface area contributed by atoms with Crippen LogP contribution in [0.3, 0.4) is 0 Å². The Bertz CT molecular complexity index is 266. The predicted octanol–water partition coefficient (Wildman–Crippen LogP) is 6.09. The monoisotopic (exact) mass is 291 g/mol. The molecule has 0 spiro atoms. The SMILES string of the molecule is C=C(CC)CCCCN(C1CCCCC1)C1CCCCC1. The molecule has 0 aromatic heterocycles. The molecule has 1 nitrogen and oxygen atoms in total. The number of allylic oxidation sites excluding steroid dienone is 1. The fourth-order valence-corrected chi connectivity index (χ4v) is 4.33. The van der Waals surface area contributed by atoms with E-state index in [-0.39, 0.29) is 0 Å². The Balaban J connectivity index is 1.80. The van der Waals surface area contributed by atoms with Gasteiger partial charge in [0, 0.05) is 12.1 Å². The molecule has 0 atom stereocenters. The van der Waals surface area contributed by atoms with E-state index in [0.717, 1.165) is 18.5 Å². The summed E-state index contributed by atoms with van der Waals surface area (Å²) in [5.74, 6) is 0. The number of hydrogen-bond donors (Lipinski definition) is 0. The average Bonchev–Trinajstić information content (AvgIpc) is 2.56. The summed E-state index contributed by atoms with van der Waals surface area (Å²) < 4.78 is 0. The van der Waals surface area contributed by atoms with Gasteiger partial charge in [-0.05, 0) is 57.9 Å². The Kier molecular flexibility index (Phi) is 7.85. The predicted molar refractivity (Wildman–Crippen MR) is 93.7 cm³/mol. The third-order valence-corrected chi connectivity index (χ3v) is 5.78. The van der Waals surface area contributed by atoms with Crippen LogP contribution >= 0.6 is 0 Å². The van der Waals surface area contributed by atoms with Crippen LogP contribution in [0.15, 0.2) is 12.2 Å². The van der Waals surface area contributed by atoms with Crippen molar-refractivity contribution < 1.29 is 0 Å². The first-order chi connectivity index (χ1) is 10.3. The summed E-state index contributed by atoms with van der Waals surface area (Å²) in [6.07, 6.45) is 19.9. The molecule has 2 rings (SSSR count). The smallest absolute Gasteiger partial charge is 0.00981 e. The van der Waals surface area contributed by atoms with E-state index >= 15 is 0 Å². The van der Waals surface area contributed by atoms with Crippen LogP contribution in [0.4, 0.5) is 0 Å². The van der Waals surface area contributed by atoms with Gasteiger partial charge < -0.3 is 0 Å². The van der Waals surface area contributed by atoms with Crippen molar-refractivity contribution in [1.29, 1.82) is 0 Å². The normalized spacial score (nSPS) is 21.8. The van der Waals surface area contributed by atoms with E-state index < -0.39 is 0 Å². The summed E-state index contributed by atoms with van der Waals surface area (Å²) in [5.41, 5.74) is 1.44. The van der Waals surface area contributed by atoms with E-state index in [0.29, 0.717) is 0 Å². The Labute approximate surface area is 133 Å². The highest BCUT2D eigenvalue weighted by Crippen LogP contribution is 2.30. The third-order valence-electron chi connectivity index (χ3n) is 5.78. The molecule has 0 bridgehead atoms. The third kappa shape index (κ3) is 5.77. The van der Waals surface area contributed by atoms with E-state index in [4.69, 9.17) is 0 Å². The molecule has 0 aliphatic heterocycles. The second-order valence-electron chi connectivity index (χ2n) is 7.38. The molecule has 0 unspecified atom stereocenters. The zero-order chi connectivity index (χ0) is 14.9. The zero-order valence-electron chi connectivity index (χ0n) is 14.4. The molecule has 0 heterocycles. The van der Waals surface area contributed by atoms with Crippen molar-refractivity contribution in [3.05, 3.63) is 12.2 Å². The van der Waals surface area contributed by atoms with Gasteiger partial charge in [-0.2, -0.15) is 0 Å². The number of rotatable bonds is 8. The van der Waals surface area contributed by atoms with E-state index in [1.165, 1.54) is 95.6 Å². The molecule has 0 N–H and O–H groups in total. The molecule has 21 heavy (non-hydrogen) atoms. The molecule has 0 saturated heterocycles. The maximum absolute atomic E-state index is 4.16. The van der Waals surface area contributed by atoms with Crippen LogP contribution in [0.1, 0.15) is 96.8 Å². The maximum atomic E-state index is 4.16. The molecule has 2 fully saturated rings. The van der Waals surface area contributed by atoms with Crippen molar-refractivity contribution >= 4 is 0 Å². The summed E-state index contributed by atoms with van der Waals surface area (Å²) in [7, 11) is 0. The topological polar surface area (TPSA) is 3.24 Å². The first kappa shape index (κ1) is 17.1. The van der Waals surface area contributed by atoms with Crippen LogP contribution in [0.5, 0.6) is 0 Å². The van der Waals surface area contributed by atoms with Crippen molar-refractivity contribution in [2.24, 2.45) is 0 Å². The quantitative estimate of drug-likeness (QED) is 0.386. The Hall–Kier alpha value is -0.300. The van der Waals surface area contributed by atoms with Crippen molar-refractivity contribution in [2.75, 3.05) is 6.54 Å². The highest BCUT2D eigenvalue weighted by atomic mass is 15.2. The number of nitrogens with zero attached hydrogens (tertiary/aromatic N) is 1. The van der Waals surface area contributed by atoms with Gasteiger partial charge in [0.25, 0.3) is 0 Å². The van der Waals surface area contributed by atoms with Gasteiger partial charge in [-0.15, -0.1) is 0 Å². The van der Waals surface area contributed by atoms with Gasteiger partial charge in [0.1, 0.15) is 0 Å². The lowest BCUT2D eigenvalue weighted by atomic mass is 9.88. The van der Waals surface area contributed by atoms with Gasteiger partial charge in [0.15, 0.2) is 0 Å². The molecule has 0 amide bonds. The molecule has 2 aliphatic carbocycles. The van der Waals surface area contributed by atoms with Gasteiger partial charge in [0.2, 0.25) is 0 Å². The molecule has 0 aromatic carbocycles. The Morgan fingerprint density at radius 3 is 1.86 bits per heavy atom. The first-order valence-electron chi connectivity index (χ1n) is 9.73. The van der Waals surface area contributed by atoms with Gasteiger partial charge in [0.05, 0.1) is 0 Å². The van der Waals surface area contributed by atoms with Crippen LogP contribution in [0.25, 0.3) is 0 Å². The highest BCUT2D eigenvalue weighted by molar-refractivity contribution is 4.92. The second-order valence-corrected chi connectivity index (χ2v) is 7.38. The largest absolute Gasteiger partial charge is 0.297 e. The first-order valence-corrected chi connectivity index (χ1v) is 9.73. The number of unbranched alkanes of at least 4 members (excludes halogenated alkanes) is 1. The highest BCUT2D eigenvalue weighted by Gasteiger charge is 2.28. The minimum Gasteiger partial charge on any atom is -0.297 e. The average molecular weight is 292 g/mol. The van der Waals surface area contributed by atoms with E-state index in [9.17, 15) is 0 Å². The van der Waals surface area contributed by atoms with Crippen molar-refractivity contribution in [2.45, 2.75) is 109 Å². The standard InChI is InChI=1S/C20H37N/c1-3-18(2)12-10-11-17-21(19-13-6-4-7-14-19)20-15-8-5-9-16-20/h19-20H,2-17H2,1H3. The summed E-state index contributed by atoms with van der Waals surface area (Å²) in [4.78, 5) is 2.95. The molecular formula is C20H37N. The van der Waals surface area contributed by atoms with Gasteiger partial charge in [-0.1, -0.05) is 57.6 Å². The molecule has 122 valence electrons. The minimum atomic E-state index is 0.913. The van der Waals surface area contributed by atoms with Crippen LogP contribution in [-0.2, 0) is 0 Å². The lowest BCUT2D eigenvalue weighted by molar-refractivity contribution is 0.0790. The Morgan fingerprint density at radius 2 is 1.38 bits per heavy atom. The summed E-state index contributed by atoms with van der Waals surface area (Å²) in [6.45, 7) is 7.74. The van der Waals surface area contributed by atoms with Crippen LogP contribution in [-0.4, -0.2) is 23.5 Å². The fraction of sp³-hybridized carbons (Fsp3) is 0.900. The lowest BCUT2D eigenvalue weighted by Gasteiger charge is -2.41. The van der Waals surface area contributed by atoms with Crippen molar-refractivity contribution in [3.63, 3.8) is 0 Å². The fourth-order valence-electron chi connectivity index (χ4n) is 4.33. The van der Waals surface area contributed by atoms with Crippen molar-refractivity contribution in [1.82, 2.24) is 4.90 Å². The lowest BCUT2D eigenvalue weighted by Crippen LogP contribution is -2.45. The minimum absolute atomic E-state index is 0.913. The van der Waals surface area contributed by atoms with Gasteiger partial charge >= 0.3 is 0 Å². The maximum Gasteiger partial charge on any atom is 0.00981 e. The van der Waals surface area contributed by atoms with E-state index in [1.807, 2.05) is 0 Å². The molecule has 0 aromatic rings. The van der Waals surface area contributed by atoms with Crippen molar-refractivity contribution in [3.8, 4) is 0 Å². The Morgan fingerprint density at radius 1 is 0.857 bits per heavy atom. The van der Waals surface area contributed by atoms with Crippen LogP contribution in [0.2, 0.25) is 0 Å². The van der Waals surface area contributed by atoms with Gasteiger partial charge in [-0.25, -0.2) is 0 Å². The van der Waals surface area contributed by atoms with Gasteiger partial charge in [-0.3, -0.25) is 4.90 Å². The van der Waals surface area contributed by atoms with E-state index in [2.05, 4.69) is 18.4 Å². The summed E-state index contributed by atoms with van der Waals surface area (Å²) in [6, 6.07) is 1.83. The van der Waals surface area contributed by atoms with E-state index in [1.54, 1.807) is 0 Å². The molecule has 2 aliphatic rings. The van der Waals surface area contributed by atoms with Crippen LogP contribution < -0.4 is 0 Å². The summed E-state index contributed by atoms with van der Waals surface area (Å²) in [5, 5.41) is 0. The summed E-state index contributed by atoms with van der Waals surface area (Å²) >= 11 is 0. The zero-order valence-corrected chi connectivity index (χ0v) is 14.4. The number of hydrogen-bond acceptors (Lipinski definition) is 1. The van der Waals surface area contributed by atoms with Crippen LogP contribution in [0, 0.1) is 0 Å². The molecule has 0 radical (unpaired) electrons. The molecular weight excluding hydrogens is 254 g/mol. The molecule has 2 saturated carbocycles.